The highest BCUT2D eigenvalue weighted by Gasteiger charge is 2.32. The predicted molar refractivity (Wildman–Crippen MR) is 169 cm³/mol. The molecule has 4 aromatic rings. The number of ether oxygens (including phenoxy) is 2. The minimum atomic E-state index is -0.149. The van der Waals surface area contributed by atoms with Crippen molar-refractivity contribution in [1.29, 1.82) is 0 Å². The Morgan fingerprint density at radius 2 is 1.86 bits per heavy atom. The van der Waals surface area contributed by atoms with E-state index in [1.165, 1.54) is 37.3 Å². The Kier molecular flexibility index (Phi) is 9.92. The van der Waals surface area contributed by atoms with Crippen molar-refractivity contribution in [2.24, 2.45) is 17.8 Å². The van der Waals surface area contributed by atoms with Crippen molar-refractivity contribution in [2.75, 3.05) is 12.4 Å². The number of methoxy groups -OCH3 is 1. The van der Waals surface area contributed by atoms with E-state index in [0.29, 0.717) is 53.5 Å². The number of carbonyl (C=O) groups is 2. The van der Waals surface area contributed by atoms with Gasteiger partial charge in [0.25, 0.3) is 12.2 Å². The molecule has 2 aromatic heterocycles. The smallest absolute Gasteiger partial charge is 0.298 e. The van der Waals surface area contributed by atoms with Gasteiger partial charge in [0.05, 0.1) is 13.7 Å². The average Bonchev–Trinajstić information content (AvgIpc) is 3.50. The zero-order valence-electron chi connectivity index (χ0n) is 26.1. The number of amides is 1. The van der Waals surface area contributed by atoms with E-state index in [0.717, 1.165) is 22.4 Å². The molecule has 9 heteroatoms. The Morgan fingerprint density at radius 3 is 2.47 bits per heavy atom. The number of nitrogens with zero attached hydrogens (tertiary/aromatic N) is 3. The number of rotatable bonds is 7. The first-order valence-electron chi connectivity index (χ1n) is 14.7. The van der Waals surface area contributed by atoms with Crippen LogP contribution in [0.25, 0.3) is 21.9 Å². The predicted octanol–water partition coefficient (Wildman–Crippen LogP) is 7.61. The zero-order valence-corrected chi connectivity index (χ0v) is 26.1. The van der Waals surface area contributed by atoms with Gasteiger partial charge in [0.1, 0.15) is 11.4 Å². The van der Waals surface area contributed by atoms with Crippen molar-refractivity contribution >= 4 is 29.4 Å². The second-order valence-electron chi connectivity index (χ2n) is 11.6. The summed E-state index contributed by atoms with van der Waals surface area (Å²) in [6.45, 7) is 20.2. The molecule has 2 atom stereocenters. The highest BCUT2D eigenvalue weighted by atomic mass is 16.5. The van der Waals surface area contributed by atoms with Gasteiger partial charge in [0, 0.05) is 23.7 Å². The molecule has 0 saturated heterocycles. The Bertz CT molecular complexity index is 1650. The molecule has 0 aliphatic heterocycles. The molecule has 43 heavy (non-hydrogen) atoms. The third-order valence-electron chi connectivity index (χ3n) is 8.47. The van der Waals surface area contributed by atoms with Crippen LogP contribution in [-0.4, -0.2) is 34.1 Å². The number of hydrogen-bond donors (Lipinski definition) is 2. The lowest BCUT2D eigenvalue weighted by atomic mass is 9.71. The number of anilines is 1. The van der Waals surface area contributed by atoms with Gasteiger partial charge in [-0.3, -0.25) is 14.7 Å². The highest BCUT2D eigenvalue weighted by molar-refractivity contribution is 5.90. The molecular weight excluding hydrogens is 542 g/mol. The van der Waals surface area contributed by atoms with Gasteiger partial charge in [-0.15, -0.1) is 0 Å². The Hall–Kier alpha value is -4.58. The number of aromatic nitrogens is 3. The molecule has 5 rings (SSSR count). The Balaban J connectivity index is 0.000000359. The van der Waals surface area contributed by atoms with E-state index >= 15 is 0 Å². The lowest BCUT2D eigenvalue weighted by molar-refractivity contribution is -0.121. The van der Waals surface area contributed by atoms with Gasteiger partial charge >= 0.3 is 0 Å². The van der Waals surface area contributed by atoms with E-state index in [9.17, 15) is 9.59 Å². The molecule has 226 valence electrons. The molecule has 2 N–H and O–H groups in total. The van der Waals surface area contributed by atoms with Crippen molar-refractivity contribution in [3.63, 3.8) is 0 Å². The van der Waals surface area contributed by atoms with E-state index < -0.39 is 0 Å². The molecule has 0 radical (unpaired) electrons. The van der Waals surface area contributed by atoms with Crippen LogP contribution in [0.4, 0.5) is 11.4 Å². The van der Waals surface area contributed by atoms with Crippen molar-refractivity contribution in [3.8, 4) is 23.0 Å². The fourth-order valence-corrected chi connectivity index (χ4v) is 6.13. The van der Waals surface area contributed by atoms with Gasteiger partial charge in [-0.05, 0) is 68.2 Å². The van der Waals surface area contributed by atoms with Crippen molar-refractivity contribution in [2.45, 2.75) is 67.2 Å². The summed E-state index contributed by atoms with van der Waals surface area (Å²) < 4.78 is 11.9. The molecule has 1 aliphatic rings. The highest BCUT2D eigenvalue weighted by Crippen LogP contribution is 2.43. The molecule has 1 aliphatic carbocycles. The van der Waals surface area contributed by atoms with Crippen LogP contribution in [-0.2, 0) is 16.0 Å². The molecule has 2 heterocycles. The number of carbonyl (C=O) groups excluding carboxylic acids is 2. The Morgan fingerprint density at radius 1 is 1.14 bits per heavy atom. The fourth-order valence-electron chi connectivity index (χ4n) is 6.13. The van der Waals surface area contributed by atoms with Crippen LogP contribution < -0.4 is 14.8 Å². The van der Waals surface area contributed by atoms with Crippen LogP contribution >= 0.6 is 0 Å². The van der Waals surface area contributed by atoms with Crippen molar-refractivity contribution < 1.29 is 19.1 Å². The second kappa shape index (κ2) is 13.6. The molecule has 0 spiro atoms. The van der Waals surface area contributed by atoms with Gasteiger partial charge in [-0.2, -0.15) is 0 Å². The minimum Gasteiger partial charge on any atom is -0.496 e. The summed E-state index contributed by atoms with van der Waals surface area (Å²) in [5.41, 5.74) is 6.63. The van der Waals surface area contributed by atoms with Crippen LogP contribution in [0.1, 0.15) is 62.3 Å². The largest absolute Gasteiger partial charge is 0.496 e. The molecule has 2 unspecified atom stereocenters. The summed E-state index contributed by atoms with van der Waals surface area (Å²) in [6.07, 6.45) is 4.30. The normalized spacial score (nSPS) is 17.9. The summed E-state index contributed by atoms with van der Waals surface area (Å²) in [5.74, 6) is 3.07. The van der Waals surface area contributed by atoms with Crippen LogP contribution in [0.5, 0.6) is 11.6 Å². The number of H-pyrrole nitrogens is 1. The van der Waals surface area contributed by atoms with Gasteiger partial charge < -0.3 is 14.8 Å². The van der Waals surface area contributed by atoms with Crippen LogP contribution in [0.2, 0.25) is 0 Å². The van der Waals surface area contributed by atoms with E-state index in [2.05, 4.69) is 42.1 Å². The first-order chi connectivity index (χ1) is 20.6. The summed E-state index contributed by atoms with van der Waals surface area (Å²) in [4.78, 5) is 31.3. The summed E-state index contributed by atoms with van der Waals surface area (Å²) in [6, 6.07) is 11.8. The minimum absolute atomic E-state index is 0.149. The van der Waals surface area contributed by atoms with Crippen molar-refractivity contribution in [1.82, 2.24) is 14.6 Å². The number of nitrogens with one attached hydrogen (secondary N) is 2. The lowest BCUT2D eigenvalue weighted by Gasteiger charge is -2.34. The monoisotopic (exact) mass is 583 g/mol. The molecule has 2 aromatic carbocycles. The van der Waals surface area contributed by atoms with Gasteiger partial charge in [0.15, 0.2) is 5.82 Å². The van der Waals surface area contributed by atoms with E-state index in [1.807, 2.05) is 44.2 Å². The number of fused-ring (bicyclic) bond motifs is 1. The number of aromatic amines is 1. The molecule has 9 nitrogen and oxygen atoms in total. The first kappa shape index (κ1) is 31.4. The topological polar surface area (TPSA) is 102 Å². The molecule has 1 amide bonds. The van der Waals surface area contributed by atoms with Gasteiger partial charge in [0.2, 0.25) is 11.8 Å². The second-order valence-corrected chi connectivity index (χ2v) is 11.6. The van der Waals surface area contributed by atoms with Crippen LogP contribution in [0.3, 0.4) is 0 Å². The maximum absolute atomic E-state index is 11.6. The number of aryl methyl sites for hydroxylation is 3. The first-order valence-corrected chi connectivity index (χ1v) is 14.7. The van der Waals surface area contributed by atoms with Gasteiger partial charge in [-0.1, -0.05) is 62.9 Å². The quantitative estimate of drug-likeness (QED) is 0.172. The Labute approximate surface area is 253 Å². The fraction of sp³-hybridized carbons (Fsp3) is 0.412. The van der Waals surface area contributed by atoms with E-state index in [-0.39, 0.29) is 11.8 Å². The molecular formula is C34H41N5O4. The zero-order chi connectivity index (χ0) is 31.3. The van der Waals surface area contributed by atoms with Crippen LogP contribution in [0.15, 0.2) is 36.4 Å². The van der Waals surface area contributed by atoms with Gasteiger partial charge in [-0.25, -0.2) is 14.3 Å². The molecule has 0 bridgehead atoms. The third-order valence-corrected chi connectivity index (χ3v) is 8.47. The summed E-state index contributed by atoms with van der Waals surface area (Å²) in [5, 5.41) is 6.02. The summed E-state index contributed by atoms with van der Waals surface area (Å²) in [7, 11) is 1.69. The SMILES string of the molecule is COc1ccc(C)cc1C.[C-]#[N+]c1c(CC2C(C)CCCC2C)c2nc(-c3ccc(C)c(NC(C)=O)c3)[nH]n2c1OC=O. The van der Waals surface area contributed by atoms with Crippen LogP contribution in [0, 0.1) is 45.1 Å². The van der Waals surface area contributed by atoms with E-state index in [4.69, 9.17) is 21.0 Å². The van der Waals surface area contributed by atoms with E-state index in [1.54, 1.807) is 11.6 Å². The average molecular weight is 584 g/mol. The van der Waals surface area contributed by atoms with Crippen molar-refractivity contribution in [3.05, 3.63) is 70.1 Å². The third kappa shape index (κ3) is 6.91. The molecule has 1 fully saturated rings. The molecule has 1 saturated carbocycles. The maximum atomic E-state index is 11.6. The maximum Gasteiger partial charge on any atom is 0.298 e. The lowest BCUT2D eigenvalue weighted by Crippen LogP contribution is -2.26. The summed E-state index contributed by atoms with van der Waals surface area (Å²) >= 11 is 0. The standard InChI is InChI=1S/C25H29N5O3.C9H12O/c1-14-7-6-8-15(2)19(14)12-20-22(26-5)25(33-13-31)30-24(20)28-23(29-30)18-10-9-16(3)21(11-18)27-17(4)32;1-7-4-5-9(10-3)8(2)6-7/h9-11,13-15,19H,6-8,12H2,1-4H3,(H,27,32)(H,28,29);4-6H,1-3H3. The number of hydrogen-bond acceptors (Lipinski definition) is 5. The number of benzene rings is 2.